The smallest absolute Gasteiger partial charge is 0.258 e. The van der Waals surface area contributed by atoms with Crippen LogP contribution in [0.1, 0.15) is 21.5 Å². The molecule has 0 unspecified atom stereocenters. The van der Waals surface area contributed by atoms with E-state index < -0.39 is 0 Å². The van der Waals surface area contributed by atoms with E-state index in [-0.39, 0.29) is 5.91 Å². The molecule has 2 aliphatic rings. The highest BCUT2D eigenvalue weighted by Gasteiger charge is 2.26. The summed E-state index contributed by atoms with van der Waals surface area (Å²) in [5.41, 5.74) is 5.44. The molecule has 0 atom stereocenters. The number of amides is 1. The van der Waals surface area contributed by atoms with Gasteiger partial charge in [0.15, 0.2) is 0 Å². The summed E-state index contributed by atoms with van der Waals surface area (Å²) in [6.45, 7) is 3.34. The van der Waals surface area contributed by atoms with Crippen LogP contribution in [-0.4, -0.2) is 26.0 Å². The molecule has 0 spiro atoms. The molecule has 0 aliphatic carbocycles. The van der Waals surface area contributed by atoms with Crippen molar-refractivity contribution < 1.29 is 4.79 Å². The van der Waals surface area contributed by atoms with Crippen molar-refractivity contribution >= 4 is 17.3 Å². The average Bonchev–Trinajstić information content (AvgIpc) is 3.02. The lowest BCUT2D eigenvalue weighted by atomic mass is 10.0. The molecule has 1 amide bonds. The third-order valence-corrected chi connectivity index (χ3v) is 4.57. The van der Waals surface area contributed by atoms with Gasteiger partial charge in [0, 0.05) is 38.8 Å². The Morgan fingerprint density at radius 1 is 1.00 bits per heavy atom. The molecule has 0 bridgehead atoms. The SMILES string of the molecule is CN1CCN(C(=O)c2ccc3c(c2)CNC3)c2ccccc21. The number of carbonyl (C=O) groups is 1. The average molecular weight is 293 g/mol. The van der Waals surface area contributed by atoms with Gasteiger partial charge in [0.25, 0.3) is 5.91 Å². The summed E-state index contributed by atoms with van der Waals surface area (Å²) in [5, 5.41) is 3.32. The van der Waals surface area contributed by atoms with Gasteiger partial charge in [-0.15, -0.1) is 0 Å². The van der Waals surface area contributed by atoms with Gasteiger partial charge >= 0.3 is 0 Å². The second-order valence-electron chi connectivity index (χ2n) is 5.95. The first-order valence-corrected chi connectivity index (χ1v) is 7.68. The quantitative estimate of drug-likeness (QED) is 0.877. The van der Waals surface area contributed by atoms with Crippen molar-refractivity contribution in [2.24, 2.45) is 0 Å². The number of hydrogen-bond acceptors (Lipinski definition) is 3. The zero-order valence-electron chi connectivity index (χ0n) is 12.7. The zero-order chi connectivity index (χ0) is 15.1. The Hall–Kier alpha value is -2.33. The first-order chi connectivity index (χ1) is 10.7. The number of nitrogens with one attached hydrogen (secondary N) is 1. The monoisotopic (exact) mass is 293 g/mol. The second-order valence-corrected chi connectivity index (χ2v) is 5.95. The summed E-state index contributed by atoms with van der Waals surface area (Å²) in [4.78, 5) is 17.1. The molecule has 0 radical (unpaired) electrons. The molecule has 2 aliphatic heterocycles. The number of anilines is 2. The van der Waals surface area contributed by atoms with Crippen LogP contribution >= 0.6 is 0 Å². The molecule has 4 heteroatoms. The molecule has 2 heterocycles. The van der Waals surface area contributed by atoms with E-state index in [4.69, 9.17) is 0 Å². The van der Waals surface area contributed by atoms with E-state index >= 15 is 0 Å². The summed E-state index contributed by atoms with van der Waals surface area (Å²) in [6, 6.07) is 14.2. The van der Waals surface area contributed by atoms with E-state index in [0.29, 0.717) is 0 Å². The molecular weight excluding hydrogens is 274 g/mol. The number of fused-ring (bicyclic) bond motifs is 2. The first kappa shape index (κ1) is 13.3. The number of hydrogen-bond donors (Lipinski definition) is 1. The zero-order valence-corrected chi connectivity index (χ0v) is 12.7. The maximum atomic E-state index is 13.0. The predicted octanol–water partition coefficient (Wildman–Crippen LogP) is 2.39. The topological polar surface area (TPSA) is 35.6 Å². The highest BCUT2D eigenvalue weighted by Crippen LogP contribution is 2.33. The van der Waals surface area contributed by atoms with Crippen molar-refractivity contribution in [3.8, 4) is 0 Å². The number of para-hydroxylation sites is 2. The largest absolute Gasteiger partial charge is 0.371 e. The highest BCUT2D eigenvalue weighted by molar-refractivity contribution is 6.08. The van der Waals surface area contributed by atoms with Gasteiger partial charge in [0.2, 0.25) is 0 Å². The number of likely N-dealkylation sites (N-methyl/N-ethyl adjacent to an activating group) is 1. The van der Waals surface area contributed by atoms with Gasteiger partial charge in [0.05, 0.1) is 11.4 Å². The fraction of sp³-hybridized carbons (Fsp3) is 0.278. The van der Waals surface area contributed by atoms with Crippen LogP contribution in [0.15, 0.2) is 42.5 Å². The van der Waals surface area contributed by atoms with Crippen LogP contribution in [0.5, 0.6) is 0 Å². The Morgan fingerprint density at radius 2 is 1.77 bits per heavy atom. The maximum Gasteiger partial charge on any atom is 0.258 e. The van der Waals surface area contributed by atoms with Gasteiger partial charge in [-0.25, -0.2) is 0 Å². The van der Waals surface area contributed by atoms with Gasteiger partial charge in [-0.1, -0.05) is 18.2 Å². The Kier molecular flexibility index (Phi) is 3.12. The van der Waals surface area contributed by atoms with Crippen molar-refractivity contribution in [2.75, 3.05) is 29.9 Å². The van der Waals surface area contributed by atoms with Crippen LogP contribution < -0.4 is 15.1 Å². The van der Waals surface area contributed by atoms with Crippen LogP contribution in [0.3, 0.4) is 0 Å². The van der Waals surface area contributed by atoms with Crippen molar-refractivity contribution in [1.29, 1.82) is 0 Å². The first-order valence-electron chi connectivity index (χ1n) is 7.68. The summed E-state index contributed by atoms with van der Waals surface area (Å²) in [6.07, 6.45) is 0. The molecule has 2 aromatic carbocycles. The molecule has 112 valence electrons. The van der Waals surface area contributed by atoms with Crippen molar-refractivity contribution in [3.63, 3.8) is 0 Å². The summed E-state index contributed by atoms with van der Waals surface area (Å²) >= 11 is 0. The van der Waals surface area contributed by atoms with Crippen molar-refractivity contribution in [3.05, 3.63) is 59.2 Å². The molecule has 22 heavy (non-hydrogen) atoms. The van der Waals surface area contributed by atoms with Crippen LogP contribution in [0, 0.1) is 0 Å². The Labute approximate surface area is 130 Å². The maximum absolute atomic E-state index is 13.0. The Bertz CT molecular complexity index is 741. The van der Waals surface area contributed by atoms with Crippen LogP contribution in [0.25, 0.3) is 0 Å². The lowest BCUT2D eigenvalue weighted by Gasteiger charge is -2.35. The van der Waals surface area contributed by atoms with Crippen molar-refractivity contribution in [1.82, 2.24) is 5.32 Å². The van der Waals surface area contributed by atoms with Gasteiger partial charge < -0.3 is 15.1 Å². The van der Waals surface area contributed by atoms with E-state index in [9.17, 15) is 4.79 Å². The predicted molar refractivity (Wildman–Crippen MR) is 88.4 cm³/mol. The standard InChI is InChI=1S/C18H19N3O/c1-20-8-9-21(17-5-3-2-4-16(17)20)18(22)13-6-7-14-11-19-12-15(14)10-13/h2-7,10,19H,8-9,11-12H2,1H3. The summed E-state index contributed by atoms with van der Waals surface area (Å²) < 4.78 is 0. The minimum absolute atomic E-state index is 0.0928. The van der Waals surface area contributed by atoms with Crippen LogP contribution in [0.2, 0.25) is 0 Å². The Morgan fingerprint density at radius 3 is 2.64 bits per heavy atom. The number of carbonyl (C=O) groups excluding carboxylic acids is 1. The van der Waals surface area contributed by atoms with Gasteiger partial charge in [0.1, 0.15) is 0 Å². The number of benzene rings is 2. The van der Waals surface area contributed by atoms with E-state index in [1.54, 1.807) is 0 Å². The van der Waals surface area contributed by atoms with E-state index in [1.807, 2.05) is 35.2 Å². The fourth-order valence-corrected chi connectivity index (χ4v) is 3.30. The third-order valence-electron chi connectivity index (χ3n) is 4.57. The van der Waals surface area contributed by atoms with Gasteiger partial charge in [-0.05, 0) is 35.4 Å². The normalized spacial score (nSPS) is 16.4. The Balaban J connectivity index is 1.70. The third kappa shape index (κ3) is 2.07. The minimum Gasteiger partial charge on any atom is -0.371 e. The summed E-state index contributed by atoms with van der Waals surface area (Å²) in [5.74, 6) is 0.0928. The molecule has 0 saturated heterocycles. The molecule has 0 fully saturated rings. The molecule has 4 nitrogen and oxygen atoms in total. The second kappa shape index (κ2) is 5.14. The van der Waals surface area contributed by atoms with Gasteiger partial charge in [-0.2, -0.15) is 0 Å². The summed E-state index contributed by atoms with van der Waals surface area (Å²) in [7, 11) is 2.07. The lowest BCUT2D eigenvalue weighted by molar-refractivity contribution is 0.0986. The highest BCUT2D eigenvalue weighted by atomic mass is 16.2. The van der Waals surface area contributed by atoms with Crippen LogP contribution in [-0.2, 0) is 13.1 Å². The van der Waals surface area contributed by atoms with Crippen LogP contribution in [0.4, 0.5) is 11.4 Å². The molecule has 4 rings (SSSR count). The molecule has 2 aromatic rings. The van der Waals surface area contributed by atoms with Gasteiger partial charge in [-0.3, -0.25) is 4.79 Å². The molecule has 0 saturated carbocycles. The molecular formula is C18H19N3O. The minimum atomic E-state index is 0.0928. The number of rotatable bonds is 1. The van der Waals surface area contributed by atoms with E-state index in [2.05, 4.69) is 29.4 Å². The lowest BCUT2D eigenvalue weighted by Crippen LogP contribution is -2.42. The molecule has 0 aromatic heterocycles. The van der Waals surface area contributed by atoms with E-state index in [0.717, 1.165) is 43.1 Å². The van der Waals surface area contributed by atoms with E-state index in [1.165, 1.54) is 11.1 Å². The molecule has 1 N–H and O–H groups in total. The number of nitrogens with zero attached hydrogens (tertiary/aromatic N) is 2. The fourth-order valence-electron chi connectivity index (χ4n) is 3.30. The van der Waals surface area contributed by atoms with Crippen molar-refractivity contribution in [2.45, 2.75) is 13.1 Å².